The highest BCUT2D eigenvalue weighted by Gasteiger charge is 2.38. The molecule has 0 heterocycles. The Labute approximate surface area is 121 Å². The Morgan fingerprint density at radius 1 is 1.25 bits per heavy atom. The van der Waals surface area contributed by atoms with E-state index in [9.17, 15) is 14.7 Å². The summed E-state index contributed by atoms with van der Waals surface area (Å²) in [7, 11) is 1.62. The topological polar surface area (TPSA) is 75.6 Å². The zero-order valence-electron chi connectivity index (χ0n) is 12.6. The molecule has 2 N–H and O–H groups in total. The van der Waals surface area contributed by atoms with Gasteiger partial charge in [0, 0.05) is 20.1 Å². The zero-order valence-corrected chi connectivity index (χ0v) is 12.6. The summed E-state index contributed by atoms with van der Waals surface area (Å²) in [5.74, 6) is -0.858. The number of hydrogen-bond donors (Lipinski definition) is 2. The van der Waals surface area contributed by atoms with Crippen LogP contribution in [0.5, 0.6) is 0 Å². The lowest BCUT2D eigenvalue weighted by Crippen LogP contribution is -2.43. The highest BCUT2D eigenvalue weighted by Crippen LogP contribution is 2.34. The van der Waals surface area contributed by atoms with E-state index in [1.165, 1.54) is 0 Å². The van der Waals surface area contributed by atoms with Crippen molar-refractivity contribution in [2.45, 2.75) is 64.4 Å². The normalized spacial score (nSPS) is 19.9. The molecule has 0 bridgehead atoms. The van der Waals surface area contributed by atoms with E-state index >= 15 is 0 Å². The van der Waals surface area contributed by atoms with E-state index in [2.05, 4.69) is 5.32 Å². The van der Waals surface area contributed by atoms with Gasteiger partial charge >= 0.3 is 5.97 Å². The number of aliphatic carboxylic acids is 1. The molecule has 1 aliphatic carbocycles. The monoisotopic (exact) mass is 285 g/mol. The van der Waals surface area contributed by atoms with Crippen LogP contribution in [-0.4, -0.2) is 36.7 Å². The van der Waals surface area contributed by atoms with Gasteiger partial charge in [0.2, 0.25) is 5.91 Å². The number of carbonyl (C=O) groups is 2. The summed E-state index contributed by atoms with van der Waals surface area (Å²) in [5.41, 5.74) is -0.765. The van der Waals surface area contributed by atoms with Crippen LogP contribution in [0.3, 0.4) is 0 Å². The van der Waals surface area contributed by atoms with Crippen molar-refractivity contribution in [2.24, 2.45) is 5.41 Å². The minimum atomic E-state index is -0.773. The maximum atomic E-state index is 11.8. The molecule has 0 aromatic rings. The van der Waals surface area contributed by atoms with Gasteiger partial charge in [0.05, 0.1) is 11.5 Å². The van der Waals surface area contributed by atoms with E-state index in [4.69, 9.17) is 4.74 Å². The van der Waals surface area contributed by atoms with Gasteiger partial charge in [-0.25, -0.2) is 0 Å². The van der Waals surface area contributed by atoms with Crippen LogP contribution in [0.1, 0.15) is 58.3 Å². The molecule has 1 amide bonds. The van der Waals surface area contributed by atoms with Crippen LogP contribution in [0.15, 0.2) is 0 Å². The van der Waals surface area contributed by atoms with Crippen molar-refractivity contribution in [3.63, 3.8) is 0 Å². The summed E-state index contributed by atoms with van der Waals surface area (Å²) < 4.78 is 5.10. The van der Waals surface area contributed by atoms with Crippen molar-refractivity contribution in [1.29, 1.82) is 0 Å². The molecule has 0 radical (unpaired) electrons. The Balaban J connectivity index is 2.46. The van der Waals surface area contributed by atoms with E-state index < -0.39 is 11.4 Å². The van der Waals surface area contributed by atoms with Crippen LogP contribution in [0.4, 0.5) is 0 Å². The lowest BCUT2D eigenvalue weighted by molar-refractivity contribution is -0.149. The number of amides is 1. The molecule has 0 saturated heterocycles. The van der Waals surface area contributed by atoms with Gasteiger partial charge in [0.15, 0.2) is 0 Å². The maximum Gasteiger partial charge on any atom is 0.311 e. The standard InChI is InChI=1S/C15H27NO4/c1-12(20-2)7-8-13(17)16-11-15(14(18)19)9-5-3-4-6-10-15/h12H,3-11H2,1-2H3,(H,16,17)(H,18,19). The third-order valence-electron chi connectivity index (χ3n) is 4.32. The fourth-order valence-corrected chi connectivity index (χ4v) is 2.68. The number of carboxylic acids is 1. The molecule has 1 rings (SSSR count). The van der Waals surface area contributed by atoms with Crippen molar-refractivity contribution >= 4 is 11.9 Å². The second kappa shape index (κ2) is 8.25. The first-order valence-electron chi connectivity index (χ1n) is 7.53. The SMILES string of the molecule is COC(C)CCC(=O)NCC1(C(=O)O)CCCCCC1. The number of ether oxygens (including phenoxy) is 1. The van der Waals surface area contributed by atoms with Crippen LogP contribution in [0, 0.1) is 5.41 Å². The van der Waals surface area contributed by atoms with Crippen molar-refractivity contribution in [3.05, 3.63) is 0 Å². The fourth-order valence-electron chi connectivity index (χ4n) is 2.68. The van der Waals surface area contributed by atoms with Gasteiger partial charge < -0.3 is 15.2 Å². The summed E-state index contributed by atoms with van der Waals surface area (Å²) >= 11 is 0. The molecule has 5 nitrogen and oxygen atoms in total. The zero-order chi connectivity index (χ0) is 15.0. The summed E-state index contributed by atoms with van der Waals surface area (Å²) in [6, 6.07) is 0. The minimum Gasteiger partial charge on any atom is -0.481 e. The lowest BCUT2D eigenvalue weighted by atomic mass is 9.80. The number of methoxy groups -OCH3 is 1. The van der Waals surface area contributed by atoms with Gasteiger partial charge in [-0.2, -0.15) is 0 Å². The predicted octanol–water partition coefficient (Wildman–Crippen LogP) is 2.34. The van der Waals surface area contributed by atoms with Gasteiger partial charge in [-0.15, -0.1) is 0 Å². The first-order chi connectivity index (χ1) is 9.50. The highest BCUT2D eigenvalue weighted by molar-refractivity contribution is 5.79. The average molecular weight is 285 g/mol. The molecule has 0 spiro atoms. The number of rotatable bonds is 7. The van der Waals surface area contributed by atoms with Crippen LogP contribution < -0.4 is 5.32 Å². The van der Waals surface area contributed by atoms with Gasteiger partial charge in [-0.1, -0.05) is 25.7 Å². The number of carbonyl (C=O) groups excluding carboxylic acids is 1. The average Bonchev–Trinajstić information content (AvgIpc) is 2.69. The minimum absolute atomic E-state index is 0.0482. The van der Waals surface area contributed by atoms with E-state index in [0.717, 1.165) is 25.7 Å². The van der Waals surface area contributed by atoms with Crippen molar-refractivity contribution in [1.82, 2.24) is 5.32 Å². The smallest absolute Gasteiger partial charge is 0.311 e. The Kier molecular flexibility index (Phi) is 6.99. The Hall–Kier alpha value is -1.10. The molecular formula is C15H27NO4. The maximum absolute atomic E-state index is 11.8. The second-order valence-electron chi connectivity index (χ2n) is 5.86. The van der Waals surface area contributed by atoms with Crippen LogP contribution >= 0.6 is 0 Å². The second-order valence-corrected chi connectivity index (χ2v) is 5.86. The highest BCUT2D eigenvalue weighted by atomic mass is 16.5. The van der Waals surface area contributed by atoms with Gasteiger partial charge in [-0.3, -0.25) is 9.59 Å². The lowest BCUT2D eigenvalue weighted by Gasteiger charge is -2.28. The van der Waals surface area contributed by atoms with Gasteiger partial charge in [0.1, 0.15) is 0 Å². The first-order valence-corrected chi connectivity index (χ1v) is 7.53. The predicted molar refractivity (Wildman–Crippen MR) is 76.5 cm³/mol. The Bertz CT molecular complexity index is 322. The Morgan fingerprint density at radius 2 is 1.85 bits per heavy atom. The summed E-state index contributed by atoms with van der Waals surface area (Å²) in [6.07, 6.45) is 6.46. The molecule has 20 heavy (non-hydrogen) atoms. The molecule has 0 aromatic heterocycles. The largest absolute Gasteiger partial charge is 0.481 e. The molecule has 1 saturated carbocycles. The molecule has 1 atom stereocenters. The van der Waals surface area contributed by atoms with Gasteiger partial charge in [0.25, 0.3) is 0 Å². The molecule has 1 unspecified atom stereocenters. The molecule has 1 aliphatic rings. The number of hydrogen-bond acceptors (Lipinski definition) is 3. The van der Waals surface area contributed by atoms with Crippen LogP contribution in [0.2, 0.25) is 0 Å². The summed E-state index contributed by atoms with van der Waals surface area (Å²) in [6.45, 7) is 2.17. The summed E-state index contributed by atoms with van der Waals surface area (Å²) in [5, 5.41) is 12.3. The van der Waals surface area contributed by atoms with E-state index in [-0.39, 0.29) is 18.6 Å². The van der Waals surface area contributed by atoms with E-state index in [0.29, 0.717) is 25.7 Å². The molecular weight excluding hydrogens is 258 g/mol. The third kappa shape index (κ3) is 5.12. The molecule has 116 valence electrons. The molecule has 0 aliphatic heterocycles. The fraction of sp³-hybridized carbons (Fsp3) is 0.867. The third-order valence-corrected chi connectivity index (χ3v) is 4.32. The van der Waals surface area contributed by atoms with Crippen molar-refractivity contribution < 1.29 is 19.4 Å². The molecule has 0 aromatic carbocycles. The Morgan fingerprint density at radius 3 is 2.35 bits per heavy atom. The van der Waals surface area contributed by atoms with E-state index in [1.54, 1.807) is 7.11 Å². The number of carboxylic acid groups (broad SMARTS) is 1. The van der Waals surface area contributed by atoms with E-state index in [1.807, 2.05) is 6.92 Å². The quantitative estimate of drug-likeness (QED) is 0.704. The molecule has 1 fully saturated rings. The number of nitrogens with one attached hydrogen (secondary N) is 1. The van der Waals surface area contributed by atoms with Crippen molar-refractivity contribution in [2.75, 3.05) is 13.7 Å². The first kappa shape index (κ1) is 17.0. The van der Waals surface area contributed by atoms with Crippen LogP contribution in [-0.2, 0) is 14.3 Å². The summed E-state index contributed by atoms with van der Waals surface area (Å²) in [4.78, 5) is 23.4. The van der Waals surface area contributed by atoms with Crippen molar-refractivity contribution in [3.8, 4) is 0 Å². The van der Waals surface area contributed by atoms with Gasteiger partial charge in [-0.05, 0) is 26.2 Å². The molecule has 5 heteroatoms. The van der Waals surface area contributed by atoms with Crippen LogP contribution in [0.25, 0.3) is 0 Å².